The lowest BCUT2D eigenvalue weighted by atomic mass is 10.2. The van der Waals surface area contributed by atoms with Gasteiger partial charge in [-0.1, -0.05) is 6.92 Å². The summed E-state index contributed by atoms with van der Waals surface area (Å²) in [7, 11) is -3.28. The molecule has 118 valence electrons. The molecule has 0 spiro atoms. The molecule has 0 radical (unpaired) electrons. The molecule has 0 bridgehead atoms. The SMILES string of the molecule is CC(CCl)CS(=O)(=O)N1CCN(C(=O)c2ccsc2)CC1. The number of sulfonamides is 1. The molecule has 1 aromatic heterocycles. The van der Waals surface area contributed by atoms with Crippen LogP contribution in [0.15, 0.2) is 16.8 Å². The van der Waals surface area contributed by atoms with Crippen molar-refractivity contribution in [2.45, 2.75) is 6.92 Å². The molecular formula is C13H19ClN2O3S2. The topological polar surface area (TPSA) is 57.7 Å². The van der Waals surface area contributed by atoms with Gasteiger partial charge in [-0.05, 0) is 17.4 Å². The quantitative estimate of drug-likeness (QED) is 0.760. The summed E-state index contributed by atoms with van der Waals surface area (Å²) in [6, 6.07) is 1.79. The van der Waals surface area contributed by atoms with E-state index in [0.717, 1.165) is 0 Å². The molecule has 21 heavy (non-hydrogen) atoms. The number of nitrogens with zero attached hydrogens (tertiary/aromatic N) is 2. The van der Waals surface area contributed by atoms with Crippen molar-refractivity contribution in [1.82, 2.24) is 9.21 Å². The highest BCUT2D eigenvalue weighted by molar-refractivity contribution is 7.89. The highest BCUT2D eigenvalue weighted by atomic mass is 35.5. The van der Waals surface area contributed by atoms with Gasteiger partial charge in [-0.3, -0.25) is 4.79 Å². The number of hydrogen-bond acceptors (Lipinski definition) is 4. The Morgan fingerprint density at radius 1 is 1.38 bits per heavy atom. The highest BCUT2D eigenvalue weighted by Crippen LogP contribution is 2.15. The zero-order valence-corrected chi connectivity index (χ0v) is 14.3. The normalized spacial score (nSPS) is 18.7. The maximum Gasteiger partial charge on any atom is 0.254 e. The molecule has 0 N–H and O–H groups in total. The minimum absolute atomic E-state index is 0.0255. The Morgan fingerprint density at radius 2 is 2.05 bits per heavy atom. The van der Waals surface area contributed by atoms with E-state index in [-0.39, 0.29) is 17.6 Å². The van der Waals surface area contributed by atoms with Crippen LogP contribution < -0.4 is 0 Å². The summed E-state index contributed by atoms with van der Waals surface area (Å²) in [5.74, 6) is 0.301. The number of amides is 1. The van der Waals surface area contributed by atoms with Crippen molar-refractivity contribution in [3.63, 3.8) is 0 Å². The molecule has 1 unspecified atom stereocenters. The Balaban J connectivity index is 1.93. The van der Waals surface area contributed by atoms with E-state index in [1.54, 1.807) is 11.0 Å². The van der Waals surface area contributed by atoms with E-state index >= 15 is 0 Å². The molecule has 1 saturated heterocycles. The molecule has 0 aromatic carbocycles. The molecule has 0 saturated carbocycles. The van der Waals surface area contributed by atoms with Crippen molar-refractivity contribution in [2.24, 2.45) is 5.92 Å². The lowest BCUT2D eigenvalue weighted by Crippen LogP contribution is -2.51. The lowest BCUT2D eigenvalue weighted by molar-refractivity contribution is 0.0698. The number of piperazine rings is 1. The molecule has 1 fully saturated rings. The first-order valence-corrected chi connectivity index (χ1v) is 9.88. The van der Waals surface area contributed by atoms with Gasteiger partial charge in [-0.15, -0.1) is 11.6 Å². The number of carbonyl (C=O) groups excluding carboxylic acids is 1. The summed E-state index contributed by atoms with van der Waals surface area (Å²) >= 11 is 7.16. The Hall–Kier alpha value is -0.630. The number of thiophene rings is 1. The van der Waals surface area contributed by atoms with Crippen LogP contribution in [0, 0.1) is 5.92 Å². The van der Waals surface area contributed by atoms with Crippen molar-refractivity contribution in [2.75, 3.05) is 37.8 Å². The van der Waals surface area contributed by atoms with E-state index in [0.29, 0.717) is 37.6 Å². The molecule has 1 atom stereocenters. The molecule has 8 heteroatoms. The predicted octanol–water partition coefficient (Wildman–Crippen LogP) is 1.71. The largest absolute Gasteiger partial charge is 0.336 e. The van der Waals surface area contributed by atoms with Crippen LogP contribution in [0.1, 0.15) is 17.3 Å². The fraction of sp³-hybridized carbons (Fsp3) is 0.615. The summed E-state index contributed by atoms with van der Waals surface area (Å²) in [6.07, 6.45) is 0. The second-order valence-corrected chi connectivity index (χ2v) is 8.34. The van der Waals surface area contributed by atoms with Crippen molar-refractivity contribution in [3.05, 3.63) is 22.4 Å². The summed E-state index contributed by atoms with van der Waals surface area (Å²) in [5.41, 5.74) is 0.673. The summed E-state index contributed by atoms with van der Waals surface area (Å²) in [4.78, 5) is 13.9. The minimum Gasteiger partial charge on any atom is -0.336 e. The summed E-state index contributed by atoms with van der Waals surface area (Å²) in [6.45, 7) is 3.40. The predicted molar refractivity (Wildman–Crippen MR) is 85.5 cm³/mol. The van der Waals surface area contributed by atoms with Crippen LogP contribution in [0.25, 0.3) is 0 Å². The van der Waals surface area contributed by atoms with Gasteiger partial charge in [0.25, 0.3) is 5.91 Å². The number of rotatable bonds is 5. The van der Waals surface area contributed by atoms with Gasteiger partial charge >= 0.3 is 0 Å². The van der Waals surface area contributed by atoms with Crippen LogP contribution >= 0.6 is 22.9 Å². The van der Waals surface area contributed by atoms with Gasteiger partial charge in [0.05, 0.1) is 11.3 Å². The molecule has 2 heterocycles. The smallest absolute Gasteiger partial charge is 0.254 e. The number of halogens is 1. The average Bonchev–Trinajstić information content (AvgIpc) is 3.00. The van der Waals surface area contributed by atoms with Crippen LogP contribution in [-0.4, -0.2) is 61.3 Å². The Kier molecular flexibility index (Phi) is 5.65. The zero-order valence-electron chi connectivity index (χ0n) is 11.9. The molecule has 1 aliphatic rings. The van der Waals surface area contributed by atoms with Crippen molar-refractivity contribution in [1.29, 1.82) is 0 Å². The first kappa shape index (κ1) is 16.7. The first-order valence-electron chi connectivity index (χ1n) is 6.79. The van der Waals surface area contributed by atoms with Crippen molar-refractivity contribution in [3.8, 4) is 0 Å². The first-order chi connectivity index (χ1) is 9.94. The third-order valence-corrected chi connectivity index (χ3v) is 6.80. The molecule has 5 nitrogen and oxygen atoms in total. The molecule has 1 aromatic rings. The molecule has 1 aliphatic heterocycles. The van der Waals surface area contributed by atoms with E-state index in [4.69, 9.17) is 11.6 Å². The van der Waals surface area contributed by atoms with E-state index in [1.165, 1.54) is 15.6 Å². The van der Waals surface area contributed by atoms with Crippen LogP contribution in [0.2, 0.25) is 0 Å². The van der Waals surface area contributed by atoms with Gasteiger partial charge in [-0.2, -0.15) is 15.6 Å². The fourth-order valence-electron chi connectivity index (χ4n) is 2.25. The third kappa shape index (κ3) is 4.18. The number of alkyl halides is 1. The maximum absolute atomic E-state index is 12.2. The third-order valence-electron chi connectivity index (χ3n) is 3.45. The van der Waals surface area contributed by atoms with Crippen LogP contribution in [0.4, 0.5) is 0 Å². The monoisotopic (exact) mass is 350 g/mol. The minimum atomic E-state index is -3.28. The Labute approximate surface area is 134 Å². The zero-order chi connectivity index (χ0) is 15.5. The van der Waals surface area contributed by atoms with E-state index in [2.05, 4.69) is 0 Å². The Morgan fingerprint density at radius 3 is 2.57 bits per heavy atom. The number of carbonyl (C=O) groups is 1. The molecular weight excluding hydrogens is 332 g/mol. The van der Waals surface area contributed by atoms with Crippen LogP contribution in [0.5, 0.6) is 0 Å². The van der Waals surface area contributed by atoms with Gasteiger partial charge in [0.15, 0.2) is 0 Å². The van der Waals surface area contributed by atoms with Crippen molar-refractivity contribution < 1.29 is 13.2 Å². The average molecular weight is 351 g/mol. The Bertz CT molecular complexity index is 566. The molecule has 2 rings (SSSR count). The standard InChI is InChI=1S/C13H19ClN2O3S2/c1-11(8-14)10-21(18,19)16-5-3-15(4-6-16)13(17)12-2-7-20-9-12/h2,7,9,11H,3-6,8,10H2,1H3. The van der Waals surface area contributed by atoms with E-state index in [1.807, 2.05) is 17.7 Å². The second-order valence-electron chi connectivity index (χ2n) is 5.24. The molecule has 0 aliphatic carbocycles. The number of hydrogen-bond donors (Lipinski definition) is 0. The van der Waals surface area contributed by atoms with E-state index in [9.17, 15) is 13.2 Å². The van der Waals surface area contributed by atoms with Crippen LogP contribution in [-0.2, 0) is 10.0 Å². The van der Waals surface area contributed by atoms with E-state index < -0.39 is 10.0 Å². The van der Waals surface area contributed by atoms with Gasteiger partial charge in [0.2, 0.25) is 10.0 Å². The van der Waals surface area contributed by atoms with Crippen LogP contribution in [0.3, 0.4) is 0 Å². The van der Waals surface area contributed by atoms with Gasteiger partial charge in [-0.25, -0.2) is 8.42 Å². The van der Waals surface area contributed by atoms with Gasteiger partial charge in [0, 0.05) is 37.4 Å². The highest BCUT2D eigenvalue weighted by Gasteiger charge is 2.30. The van der Waals surface area contributed by atoms with Gasteiger partial charge < -0.3 is 4.90 Å². The summed E-state index contributed by atoms with van der Waals surface area (Å²) < 4.78 is 25.9. The fourth-order valence-corrected chi connectivity index (χ4v) is 4.88. The lowest BCUT2D eigenvalue weighted by Gasteiger charge is -2.34. The van der Waals surface area contributed by atoms with Gasteiger partial charge in [0.1, 0.15) is 0 Å². The maximum atomic E-state index is 12.2. The second kappa shape index (κ2) is 7.09. The summed E-state index contributed by atoms with van der Waals surface area (Å²) in [5, 5.41) is 3.68. The van der Waals surface area contributed by atoms with Crippen molar-refractivity contribution >= 4 is 38.9 Å². The molecule has 1 amide bonds.